The largest absolute Gasteiger partial charge is 0.435 e. The van der Waals surface area contributed by atoms with Gasteiger partial charge in [-0.25, -0.2) is 13.2 Å². The number of nitrogens with one attached hydrogen (secondary N) is 1. The Morgan fingerprint density at radius 2 is 1.67 bits per heavy atom. The van der Waals surface area contributed by atoms with Gasteiger partial charge in [0.15, 0.2) is 17.5 Å². The van der Waals surface area contributed by atoms with Gasteiger partial charge in [-0.1, -0.05) is 12.1 Å². The summed E-state index contributed by atoms with van der Waals surface area (Å²) < 4.78 is 67.4. The Bertz CT molecular complexity index is 760. The van der Waals surface area contributed by atoms with Crippen molar-refractivity contribution in [2.75, 3.05) is 5.32 Å². The third-order valence-electron chi connectivity index (χ3n) is 2.83. The lowest BCUT2D eigenvalue weighted by Gasteiger charge is -2.05. The van der Waals surface area contributed by atoms with Crippen LogP contribution in [-0.2, 0) is 4.79 Å². The van der Waals surface area contributed by atoms with Crippen molar-refractivity contribution in [1.82, 2.24) is 0 Å². The number of halogens is 5. The topological polar surface area (TPSA) is 38.3 Å². The van der Waals surface area contributed by atoms with E-state index in [0.717, 1.165) is 12.1 Å². The number of alkyl halides is 2. The molecule has 0 saturated carbocycles. The van der Waals surface area contributed by atoms with Gasteiger partial charge in [0.25, 0.3) is 0 Å². The third kappa shape index (κ3) is 4.55. The second kappa shape index (κ2) is 7.58. The first-order chi connectivity index (χ1) is 11.4. The van der Waals surface area contributed by atoms with E-state index in [1.54, 1.807) is 0 Å². The molecule has 0 heterocycles. The average Bonchev–Trinajstić information content (AvgIpc) is 2.54. The summed E-state index contributed by atoms with van der Waals surface area (Å²) in [4.78, 5) is 11.6. The fourth-order valence-corrected chi connectivity index (χ4v) is 1.73. The van der Waals surface area contributed by atoms with Crippen LogP contribution in [0.5, 0.6) is 5.75 Å². The van der Waals surface area contributed by atoms with Crippen LogP contribution in [0.1, 0.15) is 5.56 Å². The Labute approximate surface area is 133 Å². The predicted octanol–water partition coefficient (Wildman–Crippen LogP) is 4.36. The van der Waals surface area contributed by atoms with Crippen LogP contribution in [0.25, 0.3) is 6.08 Å². The van der Waals surface area contributed by atoms with Gasteiger partial charge in [0.2, 0.25) is 5.91 Å². The highest BCUT2D eigenvalue weighted by Gasteiger charge is 2.14. The number of hydrogen-bond acceptors (Lipinski definition) is 2. The first-order valence-corrected chi connectivity index (χ1v) is 6.54. The molecule has 0 aromatic heterocycles. The average molecular weight is 343 g/mol. The number of carbonyl (C=O) groups excluding carboxylic acids is 1. The number of benzene rings is 2. The van der Waals surface area contributed by atoms with Crippen molar-refractivity contribution in [3.05, 3.63) is 65.5 Å². The smallest absolute Gasteiger partial charge is 0.387 e. The Morgan fingerprint density at radius 3 is 2.29 bits per heavy atom. The van der Waals surface area contributed by atoms with Crippen LogP contribution in [0.3, 0.4) is 0 Å². The van der Waals surface area contributed by atoms with Crippen LogP contribution >= 0.6 is 0 Å². The molecular formula is C16H10F5NO2. The van der Waals surface area contributed by atoms with E-state index in [2.05, 4.69) is 10.1 Å². The van der Waals surface area contributed by atoms with Gasteiger partial charge in [-0.3, -0.25) is 4.79 Å². The van der Waals surface area contributed by atoms with E-state index in [1.165, 1.54) is 30.3 Å². The maximum Gasteiger partial charge on any atom is 0.387 e. The van der Waals surface area contributed by atoms with Crippen molar-refractivity contribution in [1.29, 1.82) is 0 Å². The molecule has 2 aromatic rings. The van der Waals surface area contributed by atoms with Crippen LogP contribution in [0.4, 0.5) is 27.6 Å². The second-order valence-corrected chi connectivity index (χ2v) is 4.49. The molecule has 0 unspecified atom stereocenters. The lowest BCUT2D eigenvalue weighted by atomic mass is 10.2. The van der Waals surface area contributed by atoms with Crippen LogP contribution in [-0.4, -0.2) is 12.5 Å². The van der Waals surface area contributed by atoms with Crippen LogP contribution in [0, 0.1) is 17.5 Å². The summed E-state index contributed by atoms with van der Waals surface area (Å²) in [6, 6.07) is 6.95. The number of amides is 1. The van der Waals surface area contributed by atoms with Gasteiger partial charge in [0.05, 0.1) is 5.69 Å². The number of hydrogen-bond donors (Lipinski definition) is 1. The van der Waals surface area contributed by atoms with Crippen molar-refractivity contribution in [2.45, 2.75) is 6.61 Å². The van der Waals surface area contributed by atoms with Crippen LogP contribution < -0.4 is 10.1 Å². The van der Waals surface area contributed by atoms with Gasteiger partial charge >= 0.3 is 6.61 Å². The highest BCUT2D eigenvalue weighted by molar-refractivity contribution is 6.02. The Kier molecular flexibility index (Phi) is 5.51. The van der Waals surface area contributed by atoms with Gasteiger partial charge in [0.1, 0.15) is 5.75 Å². The van der Waals surface area contributed by atoms with E-state index in [-0.39, 0.29) is 5.75 Å². The maximum atomic E-state index is 13.4. The summed E-state index contributed by atoms with van der Waals surface area (Å²) in [5, 5.41) is 2.05. The van der Waals surface area contributed by atoms with Gasteiger partial charge < -0.3 is 10.1 Å². The molecule has 0 radical (unpaired) electrons. The molecule has 1 amide bonds. The molecule has 24 heavy (non-hydrogen) atoms. The molecule has 0 aliphatic heterocycles. The predicted molar refractivity (Wildman–Crippen MR) is 77.1 cm³/mol. The van der Waals surface area contributed by atoms with E-state index in [0.29, 0.717) is 11.6 Å². The van der Waals surface area contributed by atoms with Crippen LogP contribution in [0.2, 0.25) is 0 Å². The molecule has 1 N–H and O–H groups in total. The molecule has 0 bridgehead atoms. The van der Waals surface area contributed by atoms with Crippen molar-refractivity contribution in [2.24, 2.45) is 0 Å². The molecule has 0 saturated heterocycles. The quantitative estimate of drug-likeness (QED) is 0.498. The fraction of sp³-hybridized carbons (Fsp3) is 0.0625. The minimum atomic E-state index is -2.94. The molecule has 0 spiro atoms. The summed E-state index contributed by atoms with van der Waals surface area (Å²) in [6.45, 7) is -2.94. The normalized spacial score (nSPS) is 11.1. The molecule has 0 aliphatic rings. The van der Waals surface area contributed by atoms with Crippen molar-refractivity contribution < 1.29 is 31.5 Å². The van der Waals surface area contributed by atoms with Gasteiger partial charge in [-0.2, -0.15) is 8.78 Å². The molecular weight excluding hydrogens is 333 g/mol. The minimum Gasteiger partial charge on any atom is -0.435 e. The molecule has 126 valence electrons. The Hall–Kier alpha value is -2.90. The zero-order chi connectivity index (χ0) is 17.7. The van der Waals surface area contributed by atoms with E-state index in [4.69, 9.17) is 0 Å². The summed E-state index contributed by atoms with van der Waals surface area (Å²) in [6.07, 6.45) is 2.34. The highest BCUT2D eigenvalue weighted by Crippen LogP contribution is 2.20. The summed E-state index contributed by atoms with van der Waals surface area (Å²) in [5.74, 6) is -5.40. The summed E-state index contributed by atoms with van der Waals surface area (Å²) in [5.41, 5.74) is -0.0262. The summed E-state index contributed by atoms with van der Waals surface area (Å²) in [7, 11) is 0. The standard InChI is InChI=1S/C16H10F5NO2/c17-11-6-7-12(15(19)14(11)18)22-13(23)8-3-9-1-4-10(5-2-9)24-16(20)21/h1-8,16H,(H,22,23)/b8-3+. The summed E-state index contributed by atoms with van der Waals surface area (Å²) >= 11 is 0. The highest BCUT2D eigenvalue weighted by atomic mass is 19.3. The molecule has 0 atom stereocenters. The molecule has 0 fully saturated rings. The number of anilines is 1. The van der Waals surface area contributed by atoms with E-state index in [1.807, 2.05) is 0 Å². The van der Waals surface area contributed by atoms with Gasteiger partial charge in [0, 0.05) is 6.08 Å². The zero-order valence-corrected chi connectivity index (χ0v) is 11.9. The first kappa shape index (κ1) is 17.5. The van der Waals surface area contributed by atoms with Gasteiger partial charge in [-0.05, 0) is 35.9 Å². The lowest BCUT2D eigenvalue weighted by molar-refractivity contribution is -0.111. The van der Waals surface area contributed by atoms with Crippen molar-refractivity contribution in [3.8, 4) is 5.75 Å². The maximum absolute atomic E-state index is 13.4. The van der Waals surface area contributed by atoms with E-state index < -0.39 is 35.7 Å². The Balaban J connectivity index is 2.02. The fourth-order valence-electron chi connectivity index (χ4n) is 1.73. The first-order valence-electron chi connectivity index (χ1n) is 6.54. The molecule has 3 nitrogen and oxygen atoms in total. The van der Waals surface area contributed by atoms with E-state index >= 15 is 0 Å². The number of carbonyl (C=O) groups is 1. The van der Waals surface area contributed by atoms with Gasteiger partial charge in [-0.15, -0.1) is 0 Å². The van der Waals surface area contributed by atoms with Crippen LogP contribution in [0.15, 0.2) is 42.5 Å². The SMILES string of the molecule is O=C(/C=C/c1ccc(OC(F)F)cc1)Nc1ccc(F)c(F)c1F. The second-order valence-electron chi connectivity index (χ2n) is 4.49. The third-order valence-corrected chi connectivity index (χ3v) is 2.83. The molecule has 0 aliphatic carbocycles. The van der Waals surface area contributed by atoms with Crippen molar-refractivity contribution >= 4 is 17.7 Å². The molecule has 8 heteroatoms. The monoisotopic (exact) mass is 343 g/mol. The zero-order valence-electron chi connectivity index (χ0n) is 11.9. The number of rotatable bonds is 5. The van der Waals surface area contributed by atoms with E-state index in [9.17, 15) is 26.7 Å². The lowest BCUT2D eigenvalue weighted by Crippen LogP contribution is -2.10. The minimum absolute atomic E-state index is 0.0459. The number of ether oxygens (including phenoxy) is 1. The Morgan fingerprint density at radius 1 is 1.00 bits per heavy atom. The molecule has 2 aromatic carbocycles. The molecule has 2 rings (SSSR count). The van der Waals surface area contributed by atoms with Crippen molar-refractivity contribution in [3.63, 3.8) is 0 Å².